The topological polar surface area (TPSA) is 6.48 Å². The van der Waals surface area contributed by atoms with Gasteiger partial charge in [0.1, 0.15) is 0 Å². The van der Waals surface area contributed by atoms with Crippen molar-refractivity contribution in [3.63, 3.8) is 0 Å². The third-order valence-corrected chi connectivity index (χ3v) is 7.43. The molecule has 26 heavy (non-hydrogen) atoms. The van der Waals surface area contributed by atoms with Gasteiger partial charge >= 0.3 is 0 Å². The molecule has 4 rings (SSSR count). The minimum atomic E-state index is 0.419. The van der Waals surface area contributed by atoms with Crippen LogP contribution in [-0.4, -0.2) is 54.5 Å². The average Bonchev–Trinajstić information content (AvgIpc) is 2.83. The van der Waals surface area contributed by atoms with E-state index in [1.54, 1.807) is 0 Å². The van der Waals surface area contributed by atoms with Crippen LogP contribution in [0.1, 0.15) is 17.2 Å². The molecule has 2 aliphatic heterocycles. The van der Waals surface area contributed by atoms with Crippen molar-refractivity contribution in [2.45, 2.75) is 22.3 Å². The molecule has 2 aromatic rings. The summed E-state index contributed by atoms with van der Waals surface area (Å²) in [5.74, 6) is 1.23. The maximum Gasteiger partial charge on any atom is 0.0410 e. The Bertz CT molecular complexity index is 759. The number of benzene rings is 2. The molecule has 1 atom stereocenters. The lowest BCUT2D eigenvalue weighted by atomic mass is 9.96. The Hall–Kier alpha value is -0.650. The number of hydrogen-bond donors (Lipinski definition) is 0. The van der Waals surface area contributed by atoms with Crippen molar-refractivity contribution < 1.29 is 0 Å². The van der Waals surface area contributed by atoms with Crippen LogP contribution < -0.4 is 0 Å². The van der Waals surface area contributed by atoms with Crippen LogP contribution in [0, 0.1) is 0 Å². The van der Waals surface area contributed by atoms with Crippen LogP contribution in [-0.2, 0) is 6.42 Å². The number of thioether (sulfide) groups is 1. The molecule has 2 heterocycles. The monoisotopic (exact) mass is 404 g/mol. The molecule has 2 aromatic carbocycles. The fourth-order valence-corrected chi connectivity index (χ4v) is 5.66. The molecule has 138 valence electrons. The van der Waals surface area contributed by atoms with Gasteiger partial charge in [-0.25, -0.2) is 0 Å². The van der Waals surface area contributed by atoms with E-state index in [1.807, 2.05) is 29.6 Å². The molecule has 0 radical (unpaired) electrons. The standard InChI is InChI=1S/C21H25ClN2S2/c1-25-13-12-23-8-10-24(11-9-23)19-14-16-4-2-3-5-20(16)26-21-7-6-17(22)15-18(19)21/h2-7,15,19H,8-14H2,1H3/t19-/m0/s1. The van der Waals surface area contributed by atoms with Crippen molar-refractivity contribution >= 4 is 35.1 Å². The van der Waals surface area contributed by atoms with Gasteiger partial charge in [-0.3, -0.25) is 9.80 Å². The highest BCUT2D eigenvalue weighted by molar-refractivity contribution is 7.99. The third-order valence-electron chi connectivity index (χ3n) is 5.40. The number of piperazine rings is 1. The predicted octanol–water partition coefficient (Wildman–Crippen LogP) is 5.07. The summed E-state index contributed by atoms with van der Waals surface area (Å²) in [5, 5.41) is 0.846. The Morgan fingerprint density at radius 3 is 2.69 bits per heavy atom. The zero-order chi connectivity index (χ0) is 17.9. The first-order chi connectivity index (χ1) is 12.7. The van der Waals surface area contributed by atoms with Gasteiger partial charge in [0.15, 0.2) is 0 Å². The third kappa shape index (κ3) is 4.10. The van der Waals surface area contributed by atoms with Gasteiger partial charge in [0.05, 0.1) is 0 Å². The van der Waals surface area contributed by atoms with Gasteiger partial charge < -0.3 is 0 Å². The van der Waals surface area contributed by atoms with Gasteiger partial charge in [0.25, 0.3) is 0 Å². The Balaban J connectivity index is 1.60. The SMILES string of the molecule is CSCCN1CCN([C@H]2Cc3ccccc3Sc3ccc(Cl)cc32)CC1. The minimum absolute atomic E-state index is 0.419. The van der Waals surface area contributed by atoms with E-state index >= 15 is 0 Å². The number of fused-ring (bicyclic) bond motifs is 2. The molecule has 0 saturated carbocycles. The van der Waals surface area contributed by atoms with Crippen LogP contribution in [0.2, 0.25) is 5.02 Å². The summed E-state index contributed by atoms with van der Waals surface area (Å²) in [5.41, 5.74) is 2.86. The van der Waals surface area contributed by atoms with Crippen molar-refractivity contribution in [1.29, 1.82) is 0 Å². The van der Waals surface area contributed by atoms with Gasteiger partial charge in [-0.1, -0.05) is 41.6 Å². The lowest BCUT2D eigenvalue weighted by molar-refractivity contribution is 0.0984. The lowest BCUT2D eigenvalue weighted by Gasteiger charge is -2.39. The van der Waals surface area contributed by atoms with E-state index < -0.39 is 0 Å². The summed E-state index contributed by atoms with van der Waals surface area (Å²) in [6.07, 6.45) is 3.26. The molecule has 2 aliphatic rings. The molecule has 0 aromatic heterocycles. The van der Waals surface area contributed by atoms with Crippen molar-refractivity contribution in [3.8, 4) is 0 Å². The lowest BCUT2D eigenvalue weighted by Crippen LogP contribution is -2.48. The fraction of sp³-hybridized carbons (Fsp3) is 0.429. The Kier molecular flexibility index (Phi) is 6.17. The summed E-state index contributed by atoms with van der Waals surface area (Å²) < 4.78 is 0. The molecule has 0 amide bonds. The molecule has 0 unspecified atom stereocenters. The quantitative estimate of drug-likeness (QED) is 0.701. The number of rotatable bonds is 4. The van der Waals surface area contributed by atoms with Crippen LogP contribution in [0.15, 0.2) is 52.3 Å². The van der Waals surface area contributed by atoms with E-state index in [4.69, 9.17) is 11.6 Å². The highest BCUT2D eigenvalue weighted by atomic mass is 35.5. The van der Waals surface area contributed by atoms with Crippen molar-refractivity contribution in [1.82, 2.24) is 9.80 Å². The maximum atomic E-state index is 6.39. The van der Waals surface area contributed by atoms with E-state index in [1.165, 1.54) is 46.3 Å². The molecule has 0 N–H and O–H groups in total. The number of nitrogens with zero attached hydrogens (tertiary/aromatic N) is 2. The largest absolute Gasteiger partial charge is 0.300 e. The predicted molar refractivity (Wildman–Crippen MR) is 115 cm³/mol. The number of hydrogen-bond acceptors (Lipinski definition) is 4. The summed E-state index contributed by atoms with van der Waals surface area (Å²) >= 11 is 10.2. The molecule has 5 heteroatoms. The number of halogens is 1. The van der Waals surface area contributed by atoms with Gasteiger partial charge in [-0.15, -0.1) is 0 Å². The summed E-state index contributed by atoms with van der Waals surface area (Å²) in [7, 11) is 0. The zero-order valence-corrected chi connectivity index (χ0v) is 17.5. The fourth-order valence-electron chi connectivity index (χ4n) is 3.93. The molecule has 0 spiro atoms. The smallest absolute Gasteiger partial charge is 0.0410 e. The highest BCUT2D eigenvalue weighted by Crippen LogP contribution is 2.43. The molecular weight excluding hydrogens is 380 g/mol. The van der Waals surface area contributed by atoms with Gasteiger partial charge in [0.2, 0.25) is 0 Å². The summed E-state index contributed by atoms with van der Waals surface area (Å²) in [6, 6.07) is 15.7. The second-order valence-corrected chi connectivity index (χ2v) is 9.49. The van der Waals surface area contributed by atoms with Crippen LogP contribution in [0.25, 0.3) is 0 Å². The van der Waals surface area contributed by atoms with Gasteiger partial charge in [0, 0.05) is 59.3 Å². The van der Waals surface area contributed by atoms with E-state index in [0.29, 0.717) is 6.04 Å². The first-order valence-electron chi connectivity index (χ1n) is 9.25. The van der Waals surface area contributed by atoms with Crippen molar-refractivity contribution in [2.75, 3.05) is 44.7 Å². The van der Waals surface area contributed by atoms with Crippen molar-refractivity contribution in [2.24, 2.45) is 0 Å². The second kappa shape index (κ2) is 8.57. The molecule has 0 bridgehead atoms. The maximum absolute atomic E-state index is 6.39. The Labute approximate surface area is 170 Å². The minimum Gasteiger partial charge on any atom is -0.300 e. The first-order valence-corrected chi connectivity index (χ1v) is 11.8. The van der Waals surface area contributed by atoms with E-state index in [9.17, 15) is 0 Å². The summed E-state index contributed by atoms with van der Waals surface area (Å²) in [4.78, 5) is 8.02. The summed E-state index contributed by atoms with van der Waals surface area (Å²) in [6.45, 7) is 5.82. The zero-order valence-electron chi connectivity index (χ0n) is 15.2. The van der Waals surface area contributed by atoms with E-state index in [0.717, 1.165) is 24.5 Å². The molecule has 2 nitrogen and oxygen atoms in total. The van der Waals surface area contributed by atoms with Crippen LogP contribution in [0.5, 0.6) is 0 Å². The Morgan fingerprint density at radius 2 is 1.88 bits per heavy atom. The van der Waals surface area contributed by atoms with Crippen molar-refractivity contribution in [3.05, 3.63) is 58.6 Å². The molecule has 1 fully saturated rings. The van der Waals surface area contributed by atoms with Gasteiger partial charge in [-0.2, -0.15) is 11.8 Å². The highest BCUT2D eigenvalue weighted by Gasteiger charge is 2.29. The second-order valence-electron chi connectivity index (χ2n) is 6.98. The van der Waals surface area contributed by atoms with Crippen LogP contribution in [0.4, 0.5) is 0 Å². The first kappa shape index (κ1) is 18.7. The van der Waals surface area contributed by atoms with E-state index in [-0.39, 0.29) is 0 Å². The molecular formula is C21H25ClN2S2. The molecule has 1 saturated heterocycles. The molecule has 0 aliphatic carbocycles. The normalized spacial score (nSPS) is 21.1. The van der Waals surface area contributed by atoms with Crippen LogP contribution in [0.3, 0.4) is 0 Å². The van der Waals surface area contributed by atoms with E-state index in [2.05, 4.69) is 52.5 Å². The Morgan fingerprint density at radius 1 is 1.08 bits per heavy atom. The van der Waals surface area contributed by atoms with Crippen LogP contribution >= 0.6 is 35.1 Å². The average molecular weight is 405 g/mol. The van der Waals surface area contributed by atoms with Gasteiger partial charge in [-0.05, 0) is 48.1 Å².